The van der Waals surface area contributed by atoms with Gasteiger partial charge in [0.2, 0.25) is 0 Å². The normalized spacial score (nSPS) is 24.4. The van der Waals surface area contributed by atoms with Gasteiger partial charge in [-0.25, -0.2) is 0 Å². The van der Waals surface area contributed by atoms with Crippen molar-refractivity contribution < 1.29 is 4.74 Å². The topological polar surface area (TPSA) is 48.9 Å². The van der Waals surface area contributed by atoms with Crippen LogP contribution in [0, 0.1) is 5.92 Å². The summed E-state index contributed by atoms with van der Waals surface area (Å²) in [6.07, 6.45) is 1.41. The van der Waals surface area contributed by atoms with Crippen molar-refractivity contribution in [2.45, 2.75) is 26.4 Å². The molecule has 0 aliphatic carbocycles. The number of aliphatic imine (C=N–C) groups is 1. The molecule has 6 heteroatoms. The summed E-state index contributed by atoms with van der Waals surface area (Å²) >= 11 is 0. The Balaban J connectivity index is 0.00000180. The van der Waals surface area contributed by atoms with Gasteiger partial charge >= 0.3 is 0 Å². The van der Waals surface area contributed by atoms with Gasteiger partial charge in [-0.3, -0.25) is 9.89 Å². The molecule has 0 saturated carbocycles. The zero-order valence-corrected chi connectivity index (χ0v) is 14.4. The van der Waals surface area contributed by atoms with Gasteiger partial charge in [-0.1, -0.05) is 13.8 Å². The van der Waals surface area contributed by atoms with Gasteiger partial charge < -0.3 is 15.4 Å². The van der Waals surface area contributed by atoms with Crippen LogP contribution in [0.3, 0.4) is 0 Å². The van der Waals surface area contributed by atoms with Crippen molar-refractivity contribution in [1.82, 2.24) is 15.5 Å². The van der Waals surface area contributed by atoms with E-state index in [0.29, 0.717) is 0 Å². The minimum atomic E-state index is 0. The molecule has 0 amide bonds. The average Bonchev–Trinajstić information content (AvgIpc) is 2.37. The van der Waals surface area contributed by atoms with Crippen molar-refractivity contribution in [3.63, 3.8) is 0 Å². The van der Waals surface area contributed by atoms with Crippen LogP contribution in [0.1, 0.15) is 20.3 Å². The van der Waals surface area contributed by atoms with Crippen molar-refractivity contribution >= 4 is 29.9 Å². The number of hydrogen-bond acceptors (Lipinski definition) is 5. The van der Waals surface area contributed by atoms with Crippen molar-refractivity contribution in [2.24, 2.45) is 10.9 Å². The van der Waals surface area contributed by atoms with Crippen molar-refractivity contribution in [1.29, 1.82) is 0 Å². The van der Waals surface area contributed by atoms with E-state index in [1.165, 1.54) is 6.54 Å². The molecule has 0 aromatic heterocycles. The van der Waals surface area contributed by atoms with Crippen LogP contribution in [0.15, 0.2) is 4.99 Å². The Hall–Kier alpha value is -0.0800. The quantitative estimate of drug-likeness (QED) is 0.710. The molecule has 1 unspecified atom stereocenters. The van der Waals surface area contributed by atoms with Crippen LogP contribution in [0.5, 0.6) is 0 Å². The lowest BCUT2D eigenvalue weighted by molar-refractivity contribution is -0.0284. The van der Waals surface area contributed by atoms with Gasteiger partial charge in [0.25, 0.3) is 0 Å². The maximum absolute atomic E-state index is 5.79. The highest BCUT2D eigenvalue weighted by Gasteiger charge is 2.21. The Bertz CT molecular complexity index is 286. The van der Waals surface area contributed by atoms with Crippen LogP contribution in [0.25, 0.3) is 0 Å². The standard InChI is InChI=1S/C13H26N4O.HI/c1-11(2)9-17-6-7-18-12(10-17)8-16-13-14-4-3-5-15-13;/h11-12H,3-10H2,1-2H3,(H2,14,15,16);1H. The van der Waals surface area contributed by atoms with Crippen LogP contribution in [-0.2, 0) is 4.74 Å². The Morgan fingerprint density at radius 1 is 1.53 bits per heavy atom. The molecule has 2 rings (SSSR count). The van der Waals surface area contributed by atoms with E-state index in [1.807, 2.05) is 0 Å². The van der Waals surface area contributed by atoms with Gasteiger partial charge in [0.1, 0.15) is 0 Å². The fraction of sp³-hybridized carbons (Fsp3) is 0.923. The second-order valence-corrected chi connectivity index (χ2v) is 5.54. The monoisotopic (exact) mass is 382 g/mol. The number of hydrogen-bond donors (Lipinski definition) is 2. The van der Waals surface area contributed by atoms with Crippen LogP contribution >= 0.6 is 24.0 Å². The third-order valence-electron chi connectivity index (χ3n) is 3.24. The summed E-state index contributed by atoms with van der Waals surface area (Å²) in [6.45, 7) is 11.4. The van der Waals surface area contributed by atoms with Gasteiger partial charge in [0.15, 0.2) is 5.96 Å². The van der Waals surface area contributed by atoms with E-state index in [9.17, 15) is 0 Å². The third kappa shape index (κ3) is 6.27. The molecule has 5 nitrogen and oxygen atoms in total. The SMILES string of the molecule is CC(C)CN1CCOC(CNC2=NCCCN2)C1.I. The number of guanidine groups is 1. The first-order chi connectivity index (χ1) is 8.74. The third-order valence-corrected chi connectivity index (χ3v) is 3.24. The van der Waals surface area contributed by atoms with Gasteiger partial charge in [-0.15, -0.1) is 24.0 Å². The summed E-state index contributed by atoms with van der Waals surface area (Å²) < 4.78 is 5.79. The Morgan fingerprint density at radius 3 is 3.05 bits per heavy atom. The predicted octanol–water partition coefficient (Wildman–Crippen LogP) is 0.900. The first-order valence-electron chi connectivity index (χ1n) is 7.10. The number of halogens is 1. The smallest absolute Gasteiger partial charge is 0.191 e. The fourth-order valence-electron chi connectivity index (χ4n) is 2.45. The van der Waals surface area contributed by atoms with Crippen LogP contribution in [-0.4, -0.2) is 62.8 Å². The minimum Gasteiger partial charge on any atom is -0.374 e. The summed E-state index contributed by atoms with van der Waals surface area (Å²) in [7, 11) is 0. The number of nitrogens with one attached hydrogen (secondary N) is 2. The summed E-state index contributed by atoms with van der Waals surface area (Å²) in [4.78, 5) is 6.90. The molecule has 0 bridgehead atoms. The van der Waals surface area contributed by atoms with Crippen molar-refractivity contribution in [3.05, 3.63) is 0 Å². The highest BCUT2D eigenvalue weighted by Crippen LogP contribution is 2.07. The van der Waals surface area contributed by atoms with Gasteiger partial charge in [-0.2, -0.15) is 0 Å². The molecule has 0 spiro atoms. The molecule has 2 N–H and O–H groups in total. The van der Waals surface area contributed by atoms with Gasteiger partial charge in [0.05, 0.1) is 12.7 Å². The van der Waals surface area contributed by atoms with E-state index in [1.54, 1.807) is 0 Å². The van der Waals surface area contributed by atoms with E-state index in [0.717, 1.165) is 57.6 Å². The molecular weight excluding hydrogens is 355 g/mol. The Kier molecular flexibility index (Phi) is 8.01. The van der Waals surface area contributed by atoms with E-state index in [-0.39, 0.29) is 30.1 Å². The first kappa shape index (κ1) is 17.0. The summed E-state index contributed by atoms with van der Waals surface area (Å²) in [5.41, 5.74) is 0. The van der Waals surface area contributed by atoms with E-state index >= 15 is 0 Å². The zero-order chi connectivity index (χ0) is 12.8. The molecule has 2 aliphatic heterocycles. The maximum atomic E-state index is 5.79. The Labute approximate surface area is 133 Å². The molecule has 1 atom stereocenters. The van der Waals surface area contributed by atoms with Crippen molar-refractivity contribution in [3.8, 4) is 0 Å². The second kappa shape index (κ2) is 8.97. The molecule has 112 valence electrons. The number of ether oxygens (including phenoxy) is 1. The number of morpholine rings is 1. The zero-order valence-electron chi connectivity index (χ0n) is 12.0. The first-order valence-corrected chi connectivity index (χ1v) is 7.10. The lowest BCUT2D eigenvalue weighted by Crippen LogP contribution is -2.50. The van der Waals surface area contributed by atoms with Crippen LogP contribution in [0.2, 0.25) is 0 Å². The van der Waals surface area contributed by atoms with E-state index < -0.39 is 0 Å². The predicted molar refractivity (Wildman–Crippen MR) is 89.4 cm³/mol. The van der Waals surface area contributed by atoms with E-state index in [2.05, 4.69) is 34.4 Å². The molecular formula is C13H27IN4O. The largest absolute Gasteiger partial charge is 0.374 e. The number of nitrogens with zero attached hydrogens (tertiary/aromatic N) is 2. The molecule has 0 aromatic carbocycles. The fourth-order valence-corrected chi connectivity index (χ4v) is 2.45. The minimum absolute atomic E-state index is 0. The molecule has 2 heterocycles. The van der Waals surface area contributed by atoms with Gasteiger partial charge in [0, 0.05) is 39.3 Å². The maximum Gasteiger partial charge on any atom is 0.191 e. The number of rotatable bonds is 4. The molecule has 1 fully saturated rings. The summed E-state index contributed by atoms with van der Waals surface area (Å²) in [5.74, 6) is 1.66. The van der Waals surface area contributed by atoms with Crippen LogP contribution in [0.4, 0.5) is 0 Å². The second-order valence-electron chi connectivity index (χ2n) is 5.54. The van der Waals surface area contributed by atoms with Crippen molar-refractivity contribution in [2.75, 3.05) is 45.9 Å². The molecule has 0 radical (unpaired) electrons. The highest BCUT2D eigenvalue weighted by atomic mass is 127. The van der Waals surface area contributed by atoms with E-state index in [4.69, 9.17) is 4.74 Å². The summed E-state index contributed by atoms with van der Waals surface area (Å²) in [5, 5.41) is 6.62. The average molecular weight is 382 g/mol. The molecule has 1 saturated heterocycles. The highest BCUT2D eigenvalue weighted by molar-refractivity contribution is 14.0. The van der Waals surface area contributed by atoms with Gasteiger partial charge in [-0.05, 0) is 12.3 Å². The Morgan fingerprint density at radius 2 is 2.37 bits per heavy atom. The lowest BCUT2D eigenvalue weighted by atomic mass is 10.2. The van der Waals surface area contributed by atoms with Crippen LogP contribution < -0.4 is 10.6 Å². The molecule has 19 heavy (non-hydrogen) atoms. The summed E-state index contributed by atoms with van der Waals surface area (Å²) in [6, 6.07) is 0. The lowest BCUT2D eigenvalue weighted by Gasteiger charge is -2.34. The molecule has 0 aromatic rings. The molecule has 2 aliphatic rings.